The van der Waals surface area contributed by atoms with Crippen molar-refractivity contribution in [2.24, 2.45) is 0 Å². The number of nitrogens with zero attached hydrogens (tertiary/aromatic N) is 1. The molecule has 2 aromatic rings. The predicted octanol–water partition coefficient (Wildman–Crippen LogP) is 2.46. The van der Waals surface area contributed by atoms with E-state index >= 15 is 0 Å². The average Bonchev–Trinajstić information content (AvgIpc) is 2.82. The van der Waals surface area contributed by atoms with Crippen molar-refractivity contribution in [2.45, 2.75) is 6.92 Å². The first-order valence-electron chi connectivity index (χ1n) is 5.84. The molecule has 1 amide bonds. The normalized spacial score (nSPS) is 10.2. The van der Waals surface area contributed by atoms with Crippen LogP contribution in [0, 0.1) is 6.92 Å². The molecule has 1 aromatic carbocycles. The van der Waals surface area contributed by atoms with Crippen molar-refractivity contribution >= 4 is 33.7 Å². The van der Waals surface area contributed by atoms with Crippen molar-refractivity contribution in [3.05, 3.63) is 40.0 Å². The number of hydrogen-bond acceptors (Lipinski definition) is 5. The number of carboxylic acids is 1. The number of aryl methyl sites for hydroxylation is 1. The van der Waals surface area contributed by atoms with Crippen molar-refractivity contribution < 1.29 is 24.0 Å². The summed E-state index contributed by atoms with van der Waals surface area (Å²) in [4.78, 5) is 22.5. The fourth-order valence-corrected chi connectivity index (χ4v) is 1.85. The number of anilines is 1. The number of carboxylic acid groups (broad SMARTS) is 1. The Morgan fingerprint density at radius 1 is 1.43 bits per heavy atom. The molecule has 0 atom stereocenters. The summed E-state index contributed by atoms with van der Waals surface area (Å²) in [5.74, 6) is -1.04. The van der Waals surface area contributed by atoms with Gasteiger partial charge in [0.15, 0.2) is 6.61 Å². The van der Waals surface area contributed by atoms with E-state index in [2.05, 4.69) is 26.4 Å². The van der Waals surface area contributed by atoms with Crippen LogP contribution in [-0.4, -0.2) is 28.7 Å². The maximum absolute atomic E-state index is 11.7. The molecule has 0 fully saturated rings. The second-order valence-electron chi connectivity index (χ2n) is 4.12. The highest BCUT2D eigenvalue weighted by atomic mass is 79.9. The average molecular weight is 355 g/mol. The molecule has 110 valence electrons. The number of hydrogen-bond donors (Lipinski definition) is 2. The molecule has 0 spiro atoms. The lowest BCUT2D eigenvalue weighted by Crippen LogP contribution is -2.20. The minimum Gasteiger partial charge on any atom is -0.483 e. The fraction of sp³-hybridized carbons (Fsp3) is 0.154. The Morgan fingerprint density at radius 3 is 2.81 bits per heavy atom. The lowest BCUT2D eigenvalue weighted by atomic mass is 10.2. The third-order valence-corrected chi connectivity index (χ3v) is 3.08. The molecule has 2 N–H and O–H groups in total. The van der Waals surface area contributed by atoms with Crippen LogP contribution in [0.3, 0.4) is 0 Å². The fourth-order valence-electron chi connectivity index (χ4n) is 1.49. The van der Waals surface area contributed by atoms with E-state index in [0.29, 0.717) is 10.2 Å². The maximum Gasteiger partial charge on any atom is 0.335 e. The van der Waals surface area contributed by atoms with E-state index in [1.54, 1.807) is 13.0 Å². The monoisotopic (exact) mass is 354 g/mol. The molecule has 0 radical (unpaired) electrons. The number of benzene rings is 1. The molecule has 0 bridgehead atoms. The van der Waals surface area contributed by atoms with E-state index in [4.69, 9.17) is 14.4 Å². The van der Waals surface area contributed by atoms with Crippen LogP contribution in [0.5, 0.6) is 5.75 Å². The van der Waals surface area contributed by atoms with Gasteiger partial charge in [-0.15, -0.1) is 0 Å². The molecule has 0 saturated carbocycles. The standard InChI is InChI=1S/C13H11BrN2O5/c1-7-4-12(21-16-7)15-11(17)6-20-10-5-8(13(18)19)2-3-9(10)14/h2-5H,6H2,1H3,(H,15,17)(H,18,19). The van der Waals surface area contributed by atoms with E-state index in [0.717, 1.165) is 0 Å². The van der Waals surface area contributed by atoms with E-state index in [1.165, 1.54) is 18.2 Å². The summed E-state index contributed by atoms with van der Waals surface area (Å²) in [6.45, 7) is 1.44. The smallest absolute Gasteiger partial charge is 0.335 e. The van der Waals surface area contributed by atoms with E-state index in [9.17, 15) is 9.59 Å². The third-order valence-electron chi connectivity index (χ3n) is 2.43. The van der Waals surface area contributed by atoms with Gasteiger partial charge in [-0.2, -0.15) is 0 Å². The minimum atomic E-state index is -1.08. The van der Waals surface area contributed by atoms with Gasteiger partial charge in [0, 0.05) is 6.07 Å². The zero-order valence-electron chi connectivity index (χ0n) is 10.9. The Labute approximate surface area is 128 Å². The molecule has 8 heteroatoms. The van der Waals surface area contributed by atoms with Crippen molar-refractivity contribution in [2.75, 3.05) is 11.9 Å². The first-order chi connectivity index (χ1) is 9.95. The molecule has 0 unspecified atom stereocenters. The van der Waals surface area contributed by atoms with Gasteiger partial charge in [-0.25, -0.2) is 4.79 Å². The van der Waals surface area contributed by atoms with Crippen LogP contribution in [0.25, 0.3) is 0 Å². The number of rotatable bonds is 5. The van der Waals surface area contributed by atoms with E-state index in [1.807, 2.05) is 0 Å². The number of amides is 1. The molecule has 0 aliphatic heterocycles. The number of ether oxygens (including phenoxy) is 1. The van der Waals surface area contributed by atoms with Crippen molar-refractivity contribution in [3.63, 3.8) is 0 Å². The van der Waals surface area contributed by atoms with Gasteiger partial charge < -0.3 is 14.4 Å². The van der Waals surface area contributed by atoms with Crippen LogP contribution in [-0.2, 0) is 4.79 Å². The zero-order valence-corrected chi connectivity index (χ0v) is 12.5. The first-order valence-corrected chi connectivity index (χ1v) is 6.64. The largest absolute Gasteiger partial charge is 0.483 e. The minimum absolute atomic E-state index is 0.0690. The molecular formula is C13H11BrN2O5. The number of halogens is 1. The molecule has 1 heterocycles. The Balaban J connectivity index is 1.97. The third kappa shape index (κ3) is 4.06. The Bertz CT molecular complexity index is 683. The SMILES string of the molecule is Cc1cc(NC(=O)COc2cc(C(=O)O)ccc2Br)on1. The number of aromatic nitrogens is 1. The summed E-state index contributed by atoms with van der Waals surface area (Å²) >= 11 is 3.22. The van der Waals surface area contributed by atoms with Crippen LogP contribution >= 0.6 is 15.9 Å². The Hall–Kier alpha value is -2.35. The summed E-state index contributed by atoms with van der Waals surface area (Å²) in [6.07, 6.45) is 0. The Kier molecular flexibility index (Phi) is 4.59. The van der Waals surface area contributed by atoms with Crippen LogP contribution in [0.2, 0.25) is 0 Å². The summed E-state index contributed by atoms with van der Waals surface area (Å²) < 4.78 is 10.7. The quantitative estimate of drug-likeness (QED) is 0.854. The Morgan fingerprint density at radius 2 is 2.19 bits per heavy atom. The molecule has 0 aliphatic rings. The lowest BCUT2D eigenvalue weighted by Gasteiger charge is -2.08. The summed E-state index contributed by atoms with van der Waals surface area (Å²) in [6, 6.07) is 5.87. The van der Waals surface area contributed by atoms with Gasteiger partial charge in [0.05, 0.1) is 15.7 Å². The molecule has 0 aliphatic carbocycles. The summed E-state index contributed by atoms with van der Waals surface area (Å²) in [5.41, 5.74) is 0.711. The van der Waals surface area contributed by atoms with Gasteiger partial charge in [0.25, 0.3) is 5.91 Å². The van der Waals surface area contributed by atoms with Gasteiger partial charge in [0.1, 0.15) is 5.75 Å². The summed E-state index contributed by atoms with van der Waals surface area (Å²) in [7, 11) is 0. The van der Waals surface area contributed by atoms with Gasteiger partial charge in [-0.1, -0.05) is 5.16 Å². The van der Waals surface area contributed by atoms with Gasteiger partial charge in [-0.05, 0) is 41.1 Å². The van der Waals surface area contributed by atoms with Crippen molar-refractivity contribution in [1.82, 2.24) is 5.16 Å². The molecule has 21 heavy (non-hydrogen) atoms. The van der Waals surface area contributed by atoms with Crippen LogP contribution in [0.15, 0.2) is 33.3 Å². The highest BCUT2D eigenvalue weighted by Crippen LogP contribution is 2.26. The lowest BCUT2D eigenvalue weighted by molar-refractivity contribution is -0.118. The number of aromatic carboxylic acids is 1. The molecule has 1 aromatic heterocycles. The number of nitrogens with one attached hydrogen (secondary N) is 1. The highest BCUT2D eigenvalue weighted by molar-refractivity contribution is 9.10. The van der Waals surface area contributed by atoms with Gasteiger partial charge >= 0.3 is 5.97 Å². The van der Waals surface area contributed by atoms with Crippen LogP contribution in [0.1, 0.15) is 16.1 Å². The zero-order chi connectivity index (χ0) is 15.4. The molecular weight excluding hydrogens is 344 g/mol. The van der Waals surface area contributed by atoms with Gasteiger partial charge in [0.2, 0.25) is 5.88 Å². The maximum atomic E-state index is 11.7. The predicted molar refractivity (Wildman–Crippen MR) is 76.5 cm³/mol. The second-order valence-corrected chi connectivity index (χ2v) is 4.97. The first kappa shape index (κ1) is 15.0. The highest BCUT2D eigenvalue weighted by Gasteiger charge is 2.11. The molecule has 2 rings (SSSR count). The van der Waals surface area contributed by atoms with Gasteiger partial charge in [-0.3, -0.25) is 10.1 Å². The van der Waals surface area contributed by atoms with Crippen LogP contribution in [0.4, 0.5) is 5.88 Å². The summed E-state index contributed by atoms with van der Waals surface area (Å²) in [5, 5.41) is 15.0. The topological polar surface area (TPSA) is 102 Å². The second kappa shape index (κ2) is 6.40. The van der Waals surface area contributed by atoms with Crippen molar-refractivity contribution in [1.29, 1.82) is 0 Å². The van der Waals surface area contributed by atoms with Crippen LogP contribution < -0.4 is 10.1 Å². The molecule has 7 nitrogen and oxygen atoms in total. The molecule has 0 saturated heterocycles. The number of carbonyl (C=O) groups is 2. The van der Waals surface area contributed by atoms with E-state index in [-0.39, 0.29) is 23.8 Å². The van der Waals surface area contributed by atoms with Crippen molar-refractivity contribution in [3.8, 4) is 5.75 Å². The van der Waals surface area contributed by atoms with E-state index < -0.39 is 11.9 Å². The number of carbonyl (C=O) groups excluding carboxylic acids is 1.